The van der Waals surface area contributed by atoms with Crippen LogP contribution in [0.5, 0.6) is 0 Å². The molecule has 0 bridgehead atoms. The van der Waals surface area contributed by atoms with Crippen LogP contribution in [0.4, 0.5) is 4.39 Å². The monoisotopic (exact) mass is 283 g/mol. The van der Waals surface area contributed by atoms with E-state index in [1.54, 1.807) is 0 Å². The van der Waals surface area contributed by atoms with Gasteiger partial charge in [-0.3, -0.25) is 0 Å². The van der Waals surface area contributed by atoms with Crippen molar-refractivity contribution in [3.05, 3.63) is 29.6 Å². The number of sulfonamides is 1. The molecule has 0 aliphatic heterocycles. The molecule has 0 aromatic heterocycles. The van der Waals surface area contributed by atoms with Crippen LogP contribution in [-0.2, 0) is 10.0 Å². The molecule has 1 aromatic rings. The maximum Gasteiger partial charge on any atom is 0.244 e. The quantitative estimate of drug-likeness (QED) is 0.840. The number of aliphatic hydroxyl groups excluding tert-OH is 1. The lowest BCUT2D eigenvalue weighted by molar-refractivity contribution is 0.350. The van der Waals surface area contributed by atoms with E-state index in [0.717, 1.165) is 25.0 Å². The van der Waals surface area contributed by atoms with Crippen molar-refractivity contribution in [3.63, 3.8) is 0 Å². The molecule has 6 heteroatoms. The van der Waals surface area contributed by atoms with Crippen LogP contribution in [0.3, 0.4) is 0 Å². The summed E-state index contributed by atoms with van der Waals surface area (Å²) in [5.41, 5.74) is 0.0709. The molecule has 0 unspecified atom stereocenters. The summed E-state index contributed by atoms with van der Waals surface area (Å²) in [7, 11) is -2.16. The SMILES string of the molecule is CN(C1CC1)S(=O)(=O)c1ccc(F)cc1C#CCO. The van der Waals surface area contributed by atoms with Crippen LogP contribution in [0.15, 0.2) is 23.1 Å². The molecule has 102 valence electrons. The van der Waals surface area contributed by atoms with Gasteiger partial charge in [0.05, 0.1) is 4.90 Å². The molecular formula is C13H14FNO3S. The van der Waals surface area contributed by atoms with Crippen molar-refractivity contribution in [1.82, 2.24) is 4.31 Å². The average Bonchev–Trinajstić information content (AvgIpc) is 3.19. The van der Waals surface area contributed by atoms with E-state index in [9.17, 15) is 12.8 Å². The summed E-state index contributed by atoms with van der Waals surface area (Å²) in [6.45, 7) is -0.408. The van der Waals surface area contributed by atoms with E-state index < -0.39 is 22.4 Å². The molecule has 2 rings (SSSR count). The highest BCUT2D eigenvalue weighted by molar-refractivity contribution is 7.89. The van der Waals surface area contributed by atoms with Crippen LogP contribution >= 0.6 is 0 Å². The molecule has 1 aliphatic rings. The maximum absolute atomic E-state index is 13.2. The van der Waals surface area contributed by atoms with Gasteiger partial charge in [0.2, 0.25) is 10.0 Å². The van der Waals surface area contributed by atoms with Gasteiger partial charge in [0.25, 0.3) is 0 Å². The minimum absolute atomic E-state index is 0.0219. The van der Waals surface area contributed by atoms with Gasteiger partial charge in [0, 0.05) is 18.7 Å². The molecule has 0 heterocycles. The number of hydrogen-bond acceptors (Lipinski definition) is 3. The number of halogens is 1. The Bertz CT molecular complexity index is 642. The predicted molar refractivity (Wildman–Crippen MR) is 68.3 cm³/mol. The van der Waals surface area contributed by atoms with Crippen LogP contribution in [0.25, 0.3) is 0 Å². The molecule has 1 aliphatic carbocycles. The Morgan fingerprint density at radius 2 is 2.16 bits per heavy atom. The smallest absolute Gasteiger partial charge is 0.244 e. The fraction of sp³-hybridized carbons (Fsp3) is 0.385. The first-order chi connectivity index (χ1) is 8.96. The molecule has 1 saturated carbocycles. The lowest BCUT2D eigenvalue weighted by atomic mass is 10.2. The van der Waals surface area contributed by atoms with Crippen molar-refractivity contribution in [2.75, 3.05) is 13.7 Å². The number of aliphatic hydroxyl groups is 1. The number of nitrogens with zero attached hydrogens (tertiary/aromatic N) is 1. The first-order valence-corrected chi connectivity index (χ1v) is 7.28. The van der Waals surface area contributed by atoms with Crippen molar-refractivity contribution < 1.29 is 17.9 Å². The highest BCUT2D eigenvalue weighted by Gasteiger charge is 2.35. The van der Waals surface area contributed by atoms with E-state index in [2.05, 4.69) is 11.8 Å². The molecule has 1 N–H and O–H groups in total. The van der Waals surface area contributed by atoms with Gasteiger partial charge >= 0.3 is 0 Å². The van der Waals surface area contributed by atoms with E-state index in [1.807, 2.05) is 0 Å². The van der Waals surface area contributed by atoms with Crippen LogP contribution in [-0.4, -0.2) is 37.5 Å². The van der Waals surface area contributed by atoms with Gasteiger partial charge in [-0.15, -0.1) is 0 Å². The molecule has 0 amide bonds. The number of benzene rings is 1. The zero-order valence-corrected chi connectivity index (χ0v) is 11.2. The molecule has 0 radical (unpaired) electrons. The molecule has 1 fully saturated rings. The van der Waals surface area contributed by atoms with Gasteiger partial charge in [0.1, 0.15) is 12.4 Å². The van der Waals surface area contributed by atoms with Crippen LogP contribution < -0.4 is 0 Å². The number of hydrogen-bond donors (Lipinski definition) is 1. The van der Waals surface area contributed by atoms with Crippen molar-refractivity contribution in [2.45, 2.75) is 23.8 Å². The van der Waals surface area contributed by atoms with Gasteiger partial charge in [-0.05, 0) is 31.0 Å². The summed E-state index contributed by atoms with van der Waals surface area (Å²) in [4.78, 5) is -0.0238. The van der Waals surface area contributed by atoms with Crippen molar-refractivity contribution >= 4 is 10.0 Å². The summed E-state index contributed by atoms with van der Waals surface area (Å²) in [6, 6.07) is 3.40. The third kappa shape index (κ3) is 2.95. The third-order valence-corrected chi connectivity index (χ3v) is 4.93. The molecule has 4 nitrogen and oxygen atoms in total. The zero-order chi connectivity index (χ0) is 14.0. The highest BCUT2D eigenvalue weighted by atomic mass is 32.2. The summed E-state index contributed by atoms with van der Waals surface area (Å²) in [5.74, 6) is 4.26. The Morgan fingerprint density at radius 1 is 1.47 bits per heavy atom. The molecule has 0 saturated heterocycles. The summed E-state index contributed by atoms with van der Waals surface area (Å²) in [6.07, 6.45) is 1.68. The predicted octanol–water partition coefficient (Wildman–Crippen LogP) is 0.952. The molecule has 0 spiro atoms. The van der Waals surface area contributed by atoms with E-state index in [0.29, 0.717) is 0 Å². The van der Waals surface area contributed by atoms with Crippen LogP contribution in [0, 0.1) is 17.7 Å². The molecular weight excluding hydrogens is 269 g/mol. The minimum atomic E-state index is -3.67. The largest absolute Gasteiger partial charge is 0.384 e. The Morgan fingerprint density at radius 3 is 2.74 bits per heavy atom. The topological polar surface area (TPSA) is 57.6 Å². The van der Waals surface area contributed by atoms with Gasteiger partial charge < -0.3 is 5.11 Å². The molecule has 0 atom stereocenters. The van der Waals surface area contributed by atoms with Crippen molar-refractivity contribution in [3.8, 4) is 11.8 Å². The summed E-state index contributed by atoms with van der Waals surface area (Å²) >= 11 is 0. The molecule has 19 heavy (non-hydrogen) atoms. The Labute approximate surface area is 111 Å². The van der Waals surface area contributed by atoms with Crippen molar-refractivity contribution in [1.29, 1.82) is 0 Å². The van der Waals surface area contributed by atoms with E-state index in [-0.39, 0.29) is 16.5 Å². The summed E-state index contributed by atoms with van der Waals surface area (Å²) < 4.78 is 39.3. The second kappa shape index (κ2) is 5.29. The normalized spacial score (nSPS) is 15.2. The first kappa shape index (κ1) is 14.0. The van der Waals surface area contributed by atoms with E-state index in [4.69, 9.17) is 5.11 Å². The Kier molecular flexibility index (Phi) is 3.90. The van der Waals surface area contributed by atoms with E-state index in [1.165, 1.54) is 17.4 Å². The minimum Gasteiger partial charge on any atom is -0.384 e. The van der Waals surface area contributed by atoms with E-state index >= 15 is 0 Å². The van der Waals surface area contributed by atoms with Gasteiger partial charge in [-0.2, -0.15) is 4.31 Å². The molecule has 1 aromatic carbocycles. The Balaban J connectivity index is 2.48. The average molecular weight is 283 g/mol. The number of rotatable bonds is 3. The fourth-order valence-electron chi connectivity index (χ4n) is 1.75. The highest BCUT2D eigenvalue weighted by Crippen LogP contribution is 2.31. The third-order valence-electron chi connectivity index (χ3n) is 2.96. The second-order valence-corrected chi connectivity index (χ2v) is 6.32. The Hall–Kier alpha value is -1.42. The summed E-state index contributed by atoms with van der Waals surface area (Å²) in [5, 5.41) is 8.67. The fourth-order valence-corrected chi connectivity index (χ4v) is 3.29. The second-order valence-electron chi connectivity index (χ2n) is 4.35. The zero-order valence-electron chi connectivity index (χ0n) is 10.4. The van der Waals surface area contributed by atoms with Crippen molar-refractivity contribution in [2.24, 2.45) is 0 Å². The van der Waals surface area contributed by atoms with Crippen LogP contribution in [0.2, 0.25) is 0 Å². The van der Waals surface area contributed by atoms with Gasteiger partial charge in [0.15, 0.2) is 0 Å². The van der Waals surface area contributed by atoms with Crippen LogP contribution in [0.1, 0.15) is 18.4 Å². The first-order valence-electron chi connectivity index (χ1n) is 5.84. The lowest BCUT2D eigenvalue weighted by Crippen LogP contribution is -2.29. The van der Waals surface area contributed by atoms with Gasteiger partial charge in [-0.1, -0.05) is 11.8 Å². The standard InChI is InChI=1S/C13H14FNO3S/c1-15(12-5-6-12)19(17,18)13-7-4-11(14)9-10(13)3-2-8-16/h4,7,9,12,16H,5-6,8H2,1H3. The lowest BCUT2D eigenvalue weighted by Gasteiger charge is -2.17. The maximum atomic E-state index is 13.2. The van der Waals surface area contributed by atoms with Gasteiger partial charge in [-0.25, -0.2) is 12.8 Å².